The molecule has 0 aliphatic rings. The third kappa shape index (κ3) is 4.06. The number of benzene rings is 1. The zero-order chi connectivity index (χ0) is 20.4. The molecule has 0 saturated carbocycles. The molecule has 0 amide bonds. The Morgan fingerprint density at radius 3 is 2.76 bits per heavy atom. The van der Waals surface area contributed by atoms with Crippen molar-refractivity contribution in [2.24, 2.45) is 7.05 Å². The number of unbranched alkanes of at least 4 members (excludes halogenated alkanes) is 1. The summed E-state index contributed by atoms with van der Waals surface area (Å²) in [5, 5.41) is 1.40. The number of ether oxygens (including phenoxy) is 1. The predicted molar refractivity (Wildman–Crippen MR) is 116 cm³/mol. The largest absolute Gasteiger partial charge is 0.486 e. The maximum atomic E-state index is 13.0. The van der Waals surface area contributed by atoms with E-state index in [0.717, 1.165) is 29.7 Å². The van der Waals surface area contributed by atoms with Crippen molar-refractivity contribution in [3.05, 3.63) is 68.7 Å². The smallest absolute Gasteiger partial charge is 0.302 e. The number of imidazole rings is 1. The summed E-state index contributed by atoms with van der Waals surface area (Å²) in [5.41, 5.74) is 1.44. The van der Waals surface area contributed by atoms with Gasteiger partial charge in [0.1, 0.15) is 5.01 Å². The molecule has 150 valence electrons. The van der Waals surface area contributed by atoms with Gasteiger partial charge in [-0.1, -0.05) is 37.1 Å². The van der Waals surface area contributed by atoms with Gasteiger partial charge in [0, 0.05) is 42.0 Å². The first-order chi connectivity index (χ1) is 14.1. The summed E-state index contributed by atoms with van der Waals surface area (Å²) in [4.78, 5) is 23.3. The van der Waals surface area contributed by atoms with Gasteiger partial charge in [-0.15, -0.1) is 11.3 Å². The van der Waals surface area contributed by atoms with E-state index in [9.17, 15) is 4.79 Å². The second-order valence-corrected chi connectivity index (χ2v) is 8.36. The molecule has 0 radical (unpaired) electrons. The van der Waals surface area contributed by atoms with Gasteiger partial charge >= 0.3 is 5.56 Å². The molecule has 3 heterocycles. The lowest BCUT2D eigenvalue weighted by atomic mass is 10.1. The molecule has 0 saturated heterocycles. The third-order valence-corrected chi connectivity index (χ3v) is 5.86. The number of hydrogen-bond acceptors (Lipinski definition) is 5. The van der Waals surface area contributed by atoms with Crippen LogP contribution in [0.15, 0.2) is 47.7 Å². The van der Waals surface area contributed by atoms with Gasteiger partial charge in [0.05, 0.1) is 6.61 Å². The van der Waals surface area contributed by atoms with E-state index in [4.69, 9.17) is 21.3 Å². The molecule has 0 aliphatic carbocycles. The van der Waals surface area contributed by atoms with Crippen LogP contribution < -0.4 is 10.3 Å². The van der Waals surface area contributed by atoms with Gasteiger partial charge in [0.15, 0.2) is 5.69 Å². The lowest BCUT2D eigenvalue weighted by molar-refractivity contribution is 0.305. The van der Waals surface area contributed by atoms with Crippen molar-refractivity contribution in [2.75, 3.05) is 6.61 Å². The highest BCUT2D eigenvalue weighted by Gasteiger charge is 2.20. The van der Waals surface area contributed by atoms with E-state index in [1.165, 1.54) is 15.7 Å². The van der Waals surface area contributed by atoms with Crippen molar-refractivity contribution in [1.82, 2.24) is 18.9 Å². The van der Waals surface area contributed by atoms with Crippen LogP contribution in [0.4, 0.5) is 0 Å². The van der Waals surface area contributed by atoms with Gasteiger partial charge in [-0.25, -0.2) is 14.4 Å². The van der Waals surface area contributed by atoms with Crippen LogP contribution in [0.5, 0.6) is 5.75 Å². The van der Waals surface area contributed by atoms with Crippen molar-refractivity contribution in [3.8, 4) is 16.5 Å². The number of halogens is 1. The minimum Gasteiger partial charge on any atom is -0.486 e. The predicted octanol–water partition coefficient (Wildman–Crippen LogP) is 4.58. The zero-order valence-corrected chi connectivity index (χ0v) is 17.8. The van der Waals surface area contributed by atoms with Crippen LogP contribution in [0.2, 0.25) is 5.02 Å². The number of hydrogen-bond donors (Lipinski definition) is 0. The van der Waals surface area contributed by atoms with Crippen LogP contribution >= 0.6 is 22.9 Å². The summed E-state index contributed by atoms with van der Waals surface area (Å²) in [6.45, 7) is 2.56. The molecule has 0 unspecified atom stereocenters. The van der Waals surface area contributed by atoms with E-state index in [0.29, 0.717) is 28.1 Å². The maximum absolute atomic E-state index is 13.0. The Bertz CT molecular complexity index is 1190. The third-order valence-electron chi connectivity index (χ3n) is 4.60. The fourth-order valence-electron chi connectivity index (χ4n) is 3.02. The molecule has 1 aromatic carbocycles. The second kappa shape index (κ2) is 8.39. The van der Waals surface area contributed by atoms with E-state index in [-0.39, 0.29) is 11.3 Å². The summed E-state index contributed by atoms with van der Waals surface area (Å²) in [5.74, 6) is 0.817. The van der Waals surface area contributed by atoms with E-state index in [1.807, 2.05) is 42.1 Å². The summed E-state index contributed by atoms with van der Waals surface area (Å²) in [6, 6.07) is 7.76. The van der Waals surface area contributed by atoms with Crippen LogP contribution in [-0.2, 0) is 13.5 Å². The van der Waals surface area contributed by atoms with E-state index in [1.54, 1.807) is 12.4 Å². The molecule has 0 aliphatic heterocycles. The van der Waals surface area contributed by atoms with Gasteiger partial charge in [0.2, 0.25) is 11.5 Å². The summed E-state index contributed by atoms with van der Waals surface area (Å²) >= 11 is 7.49. The normalized spacial score (nSPS) is 11.3. The van der Waals surface area contributed by atoms with Gasteiger partial charge in [-0.05, 0) is 24.1 Å². The van der Waals surface area contributed by atoms with Gasteiger partial charge < -0.3 is 9.30 Å². The molecule has 3 aromatic heterocycles. The standard InChI is InChI=1S/C21H21ClN4O2S/c1-3-4-11-28-18-17(24-21-25(2)9-10-26(21)20(18)27)19-23-13-16(29-19)12-14-5-7-15(22)8-6-14/h5-10,13H,3-4,11-12H2,1-2H3. The maximum Gasteiger partial charge on any atom is 0.302 e. The summed E-state index contributed by atoms with van der Waals surface area (Å²) < 4.78 is 9.18. The number of fused-ring (bicyclic) bond motifs is 1. The quantitative estimate of drug-likeness (QED) is 0.404. The highest BCUT2D eigenvalue weighted by molar-refractivity contribution is 7.15. The summed E-state index contributed by atoms with van der Waals surface area (Å²) in [7, 11) is 1.86. The number of thiazole rings is 1. The Balaban J connectivity index is 1.73. The molecule has 0 spiro atoms. The van der Waals surface area contributed by atoms with Crippen LogP contribution in [0, 0.1) is 0 Å². The van der Waals surface area contributed by atoms with Crippen LogP contribution in [0.3, 0.4) is 0 Å². The Morgan fingerprint density at radius 2 is 2.00 bits per heavy atom. The van der Waals surface area contributed by atoms with Crippen molar-refractivity contribution in [2.45, 2.75) is 26.2 Å². The SMILES string of the molecule is CCCCOc1c(-c2ncc(Cc3ccc(Cl)cc3)s2)nc2n(C)ccn2c1=O. The molecule has 6 nitrogen and oxygen atoms in total. The number of aryl methyl sites for hydroxylation is 1. The van der Waals surface area contributed by atoms with Gasteiger partial charge in [-0.3, -0.25) is 4.79 Å². The van der Waals surface area contributed by atoms with E-state index < -0.39 is 0 Å². The molecule has 4 rings (SSSR count). The Labute approximate surface area is 177 Å². The molecular formula is C21H21ClN4O2S. The lowest BCUT2D eigenvalue weighted by Gasteiger charge is -2.09. The molecule has 4 aromatic rings. The number of nitrogens with zero attached hydrogens (tertiary/aromatic N) is 4. The van der Waals surface area contributed by atoms with Crippen molar-refractivity contribution < 1.29 is 4.74 Å². The highest BCUT2D eigenvalue weighted by Crippen LogP contribution is 2.31. The van der Waals surface area contributed by atoms with Crippen LogP contribution in [0.1, 0.15) is 30.2 Å². The monoisotopic (exact) mass is 428 g/mol. The first-order valence-corrected chi connectivity index (χ1v) is 10.7. The van der Waals surface area contributed by atoms with E-state index >= 15 is 0 Å². The van der Waals surface area contributed by atoms with Crippen molar-refractivity contribution in [3.63, 3.8) is 0 Å². The topological polar surface area (TPSA) is 61.4 Å². The van der Waals surface area contributed by atoms with Crippen LogP contribution in [-0.4, -0.2) is 25.5 Å². The van der Waals surface area contributed by atoms with E-state index in [2.05, 4.69) is 11.9 Å². The second-order valence-electron chi connectivity index (χ2n) is 6.81. The Hall–Kier alpha value is -2.64. The minimum atomic E-state index is -0.212. The fourth-order valence-corrected chi connectivity index (χ4v) is 4.08. The molecule has 29 heavy (non-hydrogen) atoms. The minimum absolute atomic E-state index is 0.212. The molecule has 8 heteroatoms. The Morgan fingerprint density at radius 1 is 1.21 bits per heavy atom. The average molecular weight is 429 g/mol. The molecule has 0 fully saturated rings. The zero-order valence-electron chi connectivity index (χ0n) is 16.3. The molecular weight excluding hydrogens is 408 g/mol. The van der Waals surface area contributed by atoms with Crippen molar-refractivity contribution in [1.29, 1.82) is 0 Å². The van der Waals surface area contributed by atoms with Gasteiger partial charge in [-0.2, -0.15) is 0 Å². The van der Waals surface area contributed by atoms with Crippen molar-refractivity contribution >= 4 is 28.7 Å². The first-order valence-electron chi connectivity index (χ1n) is 9.47. The molecule has 0 bridgehead atoms. The highest BCUT2D eigenvalue weighted by atomic mass is 35.5. The first kappa shape index (κ1) is 19.7. The number of aromatic nitrogens is 4. The van der Waals surface area contributed by atoms with Gasteiger partial charge in [0.25, 0.3) is 0 Å². The number of rotatable bonds is 7. The molecule has 0 N–H and O–H groups in total. The summed E-state index contributed by atoms with van der Waals surface area (Å²) in [6.07, 6.45) is 7.94. The Kier molecular flexibility index (Phi) is 5.69. The molecule has 0 atom stereocenters. The lowest BCUT2D eigenvalue weighted by Crippen LogP contribution is -2.19. The van der Waals surface area contributed by atoms with Crippen LogP contribution in [0.25, 0.3) is 16.5 Å². The average Bonchev–Trinajstić information content (AvgIpc) is 3.32. The fraction of sp³-hybridized carbons (Fsp3) is 0.286.